The molecular weight excluding hydrogens is 479 g/mol. The lowest BCUT2D eigenvalue weighted by molar-refractivity contribution is -0.177. The van der Waals surface area contributed by atoms with Gasteiger partial charge in [0, 0.05) is 25.2 Å². The summed E-state index contributed by atoms with van der Waals surface area (Å²) in [5.74, 6) is -3.73. The number of carbonyl (C=O) groups is 2. The molecule has 1 aromatic carbocycles. The summed E-state index contributed by atoms with van der Waals surface area (Å²) in [5, 5.41) is 6.36. The first-order chi connectivity index (χ1) is 16.4. The van der Waals surface area contributed by atoms with Gasteiger partial charge in [-0.25, -0.2) is 18.6 Å². The smallest absolute Gasteiger partial charge is 0.339 e. The van der Waals surface area contributed by atoms with Gasteiger partial charge in [0.1, 0.15) is 11.6 Å². The third-order valence-corrected chi connectivity index (χ3v) is 4.75. The second-order valence-electron chi connectivity index (χ2n) is 7.24. The summed E-state index contributed by atoms with van der Waals surface area (Å²) in [6.07, 6.45) is -3.96. The van der Waals surface area contributed by atoms with Gasteiger partial charge in [-0.3, -0.25) is 15.2 Å². The Hall–Kier alpha value is -4.10. The fourth-order valence-electron chi connectivity index (χ4n) is 3.10. The quantitative estimate of drug-likeness (QED) is 0.405. The molecule has 3 amide bonds. The molecule has 35 heavy (non-hydrogen) atoms. The number of rotatable bonds is 5. The molecule has 0 radical (unpaired) electrons. The molecule has 1 atom stereocenters. The molecule has 0 fully saturated rings. The molecule has 186 valence electrons. The van der Waals surface area contributed by atoms with Gasteiger partial charge in [0.15, 0.2) is 0 Å². The number of nitrogens with zero attached hydrogens (tertiary/aromatic N) is 4. The summed E-state index contributed by atoms with van der Waals surface area (Å²) in [6, 6.07) is 2.94. The highest BCUT2D eigenvalue weighted by Gasteiger charge is 2.40. The summed E-state index contributed by atoms with van der Waals surface area (Å²) in [7, 11) is 0. The first kappa shape index (κ1) is 25.5. The molecule has 0 saturated carbocycles. The van der Waals surface area contributed by atoms with Crippen molar-refractivity contribution in [2.24, 2.45) is 0 Å². The van der Waals surface area contributed by atoms with Crippen LogP contribution in [-0.2, 0) is 4.79 Å². The van der Waals surface area contributed by atoms with Crippen molar-refractivity contribution in [3.63, 3.8) is 0 Å². The first-order valence-electron chi connectivity index (χ1n) is 10.1. The number of carbonyl (C=O) groups excluding carboxylic acids is 2. The van der Waals surface area contributed by atoms with Crippen molar-refractivity contribution < 1.29 is 36.1 Å². The largest absolute Gasteiger partial charge is 0.472 e. The topological polar surface area (TPSA) is 113 Å². The van der Waals surface area contributed by atoms with Crippen LogP contribution in [0.1, 0.15) is 31.5 Å². The monoisotopic (exact) mass is 498 g/mol. The van der Waals surface area contributed by atoms with Crippen molar-refractivity contribution >= 4 is 11.9 Å². The number of hydrogen-bond acceptors (Lipinski definition) is 6. The second kappa shape index (κ2) is 10.0. The number of amides is 3. The molecule has 0 aliphatic rings. The summed E-state index contributed by atoms with van der Waals surface area (Å²) < 4.78 is 71.8. The predicted octanol–water partition coefficient (Wildman–Crippen LogP) is 4.07. The fourth-order valence-corrected chi connectivity index (χ4v) is 3.10. The number of aryl methyl sites for hydroxylation is 1. The molecule has 0 aliphatic carbocycles. The summed E-state index contributed by atoms with van der Waals surface area (Å²) in [5.41, 5.74) is 1.56. The number of pyridine rings is 1. The maximum atomic E-state index is 14.9. The SMILES string of the molecule is CCN(NC(=O)C(F)(F)F)C(=O)N[C@H](C)c1ncc(-c2cccc(F)c2-c2noc(C)n2)cc1F. The van der Waals surface area contributed by atoms with Gasteiger partial charge in [0.2, 0.25) is 11.7 Å². The third kappa shape index (κ3) is 5.70. The van der Waals surface area contributed by atoms with Crippen molar-refractivity contribution in [1.82, 2.24) is 30.9 Å². The van der Waals surface area contributed by atoms with Crippen LogP contribution < -0.4 is 10.7 Å². The van der Waals surface area contributed by atoms with E-state index in [1.807, 2.05) is 0 Å². The molecule has 9 nitrogen and oxygen atoms in total. The van der Waals surface area contributed by atoms with E-state index >= 15 is 0 Å². The summed E-state index contributed by atoms with van der Waals surface area (Å²) >= 11 is 0. The Labute approximate surface area is 195 Å². The fraction of sp³-hybridized carbons (Fsp3) is 0.286. The second-order valence-corrected chi connectivity index (χ2v) is 7.24. The van der Waals surface area contributed by atoms with Crippen LogP contribution in [0.2, 0.25) is 0 Å². The average molecular weight is 498 g/mol. The van der Waals surface area contributed by atoms with E-state index in [1.54, 1.807) is 0 Å². The zero-order valence-electron chi connectivity index (χ0n) is 18.6. The van der Waals surface area contributed by atoms with Gasteiger partial charge in [-0.2, -0.15) is 18.2 Å². The maximum Gasteiger partial charge on any atom is 0.472 e. The van der Waals surface area contributed by atoms with Crippen molar-refractivity contribution in [2.45, 2.75) is 33.0 Å². The number of urea groups is 1. The molecule has 0 bridgehead atoms. The van der Waals surface area contributed by atoms with Crippen LogP contribution in [0.4, 0.5) is 26.7 Å². The van der Waals surface area contributed by atoms with Crippen LogP contribution in [0.3, 0.4) is 0 Å². The number of alkyl halides is 3. The van der Waals surface area contributed by atoms with Crippen LogP contribution in [0.5, 0.6) is 0 Å². The van der Waals surface area contributed by atoms with Gasteiger partial charge in [0.05, 0.1) is 17.3 Å². The number of aromatic nitrogens is 3. The molecule has 2 N–H and O–H groups in total. The highest BCUT2D eigenvalue weighted by molar-refractivity contribution is 5.85. The van der Waals surface area contributed by atoms with Crippen LogP contribution in [-0.4, -0.2) is 44.8 Å². The lowest BCUT2D eigenvalue weighted by Gasteiger charge is -2.24. The standard InChI is InChI=1S/C21H19F5N6O3/c1-4-32(30-19(33)21(24,25)26)20(34)28-10(2)17-15(23)8-12(9-27-17)13-6-5-7-14(22)16(13)18-29-11(3)35-31-18/h5-10H,4H2,1-3H3,(H,28,34)(H,30,33)/t10-/m1/s1. The van der Waals surface area contributed by atoms with Gasteiger partial charge >= 0.3 is 18.1 Å². The molecule has 0 aliphatic heterocycles. The predicted molar refractivity (Wildman–Crippen MR) is 111 cm³/mol. The van der Waals surface area contributed by atoms with Crippen molar-refractivity contribution in [3.05, 3.63) is 53.7 Å². The van der Waals surface area contributed by atoms with E-state index in [1.165, 1.54) is 50.6 Å². The third-order valence-electron chi connectivity index (χ3n) is 4.75. The maximum absolute atomic E-state index is 14.9. The van der Waals surface area contributed by atoms with Crippen LogP contribution in [0, 0.1) is 18.6 Å². The van der Waals surface area contributed by atoms with E-state index < -0.39 is 35.8 Å². The van der Waals surface area contributed by atoms with E-state index in [0.29, 0.717) is 5.01 Å². The Bertz CT molecular complexity index is 1250. The number of hydrogen-bond donors (Lipinski definition) is 2. The zero-order valence-corrected chi connectivity index (χ0v) is 18.6. The minimum absolute atomic E-state index is 0.0290. The van der Waals surface area contributed by atoms with Crippen molar-refractivity contribution in [3.8, 4) is 22.5 Å². The van der Waals surface area contributed by atoms with E-state index in [9.17, 15) is 31.5 Å². The lowest BCUT2D eigenvalue weighted by Crippen LogP contribution is -2.54. The van der Waals surface area contributed by atoms with Gasteiger partial charge < -0.3 is 9.84 Å². The minimum Gasteiger partial charge on any atom is -0.339 e. The number of hydrazine groups is 1. The van der Waals surface area contributed by atoms with E-state index in [4.69, 9.17) is 4.52 Å². The Balaban J connectivity index is 1.83. The average Bonchev–Trinajstić information content (AvgIpc) is 3.21. The molecule has 3 aromatic rings. The minimum atomic E-state index is -5.20. The molecule has 0 unspecified atom stereocenters. The van der Waals surface area contributed by atoms with Gasteiger partial charge in [-0.1, -0.05) is 17.3 Å². The Morgan fingerprint density at radius 2 is 1.91 bits per heavy atom. The van der Waals surface area contributed by atoms with Gasteiger partial charge in [-0.15, -0.1) is 0 Å². The Morgan fingerprint density at radius 3 is 2.49 bits per heavy atom. The van der Waals surface area contributed by atoms with Crippen LogP contribution in [0.25, 0.3) is 22.5 Å². The van der Waals surface area contributed by atoms with Gasteiger partial charge in [0.25, 0.3) is 0 Å². The molecule has 3 rings (SSSR count). The number of nitrogens with one attached hydrogen (secondary N) is 2. The van der Waals surface area contributed by atoms with Gasteiger partial charge in [-0.05, 0) is 31.5 Å². The molecule has 2 heterocycles. The molecular formula is C21H19F5N6O3. The van der Waals surface area contributed by atoms with Crippen LogP contribution >= 0.6 is 0 Å². The number of halogens is 5. The molecule has 0 saturated heterocycles. The number of benzene rings is 1. The van der Waals surface area contributed by atoms with Crippen molar-refractivity contribution in [2.75, 3.05) is 6.54 Å². The van der Waals surface area contributed by atoms with E-state index in [2.05, 4.69) is 20.4 Å². The zero-order chi connectivity index (χ0) is 25.9. The Morgan fingerprint density at radius 1 is 1.20 bits per heavy atom. The highest BCUT2D eigenvalue weighted by atomic mass is 19.4. The first-order valence-corrected chi connectivity index (χ1v) is 10.1. The van der Waals surface area contributed by atoms with Crippen LogP contribution in [0.15, 0.2) is 35.0 Å². The Kier molecular flexibility index (Phi) is 7.31. The highest BCUT2D eigenvalue weighted by Crippen LogP contribution is 2.33. The normalized spacial score (nSPS) is 12.2. The molecule has 0 spiro atoms. The van der Waals surface area contributed by atoms with E-state index in [-0.39, 0.29) is 40.6 Å². The van der Waals surface area contributed by atoms with E-state index in [0.717, 1.165) is 6.07 Å². The van der Waals surface area contributed by atoms with Crippen molar-refractivity contribution in [1.29, 1.82) is 0 Å². The molecule has 2 aromatic heterocycles. The molecule has 14 heteroatoms. The summed E-state index contributed by atoms with van der Waals surface area (Å²) in [6.45, 7) is 3.90. The summed E-state index contributed by atoms with van der Waals surface area (Å²) in [4.78, 5) is 31.4. The lowest BCUT2D eigenvalue weighted by atomic mass is 9.99.